The third-order valence-corrected chi connectivity index (χ3v) is 3.77. The zero-order chi connectivity index (χ0) is 11.8. The zero-order valence-corrected chi connectivity index (χ0v) is 11.0. The summed E-state index contributed by atoms with van der Waals surface area (Å²) < 4.78 is 0. The number of hydrogen-bond donors (Lipinski definition) is 2. The van der Waals surface area contributed by atoms with Gasteiger partial charge in [-0.15, -0.1) is 11.3 Å². The Morgan fingerprint density at radius 2 is 2.19 bits per heavy atom. The highest BCUT2D eigenvalue weighted by molar-refractivity contribution is 7.10. The van der Waals surface area contributed by atoms with Crippen molar-refractivity contribution < 1.29 is 5.11 Å². The maximum absolute atomic E-state index is 9.31. The molecule has 92 valence electrons. The average molecular weight is 242 g/mol. The molecule has 0 aliphatic rings. The third-order valence-electron chi connectivity index (χ3n) is 2.78. The van der Waals surface area contributed by atoms with E-state index >= 15 is 0 Å². The molecule has 1 unspecified atom stereocenters. The van der Waals surface area contributed by atoms with Crippen molar-refractivity contribution in [2.45, 2.75) is 19.9 Å². The number of rotatable bonds is 8. The summed E-state index contributed by atoms with van der Waals surface area (Å²) in [6.07, 6.45) is 0. The van der Waals surface area contributed by atoms with Crippen LogP contribution in [0.1, 0.15) is 24.8 Å². The van der Waals surface area contributed by atoms with Gasteiger partial charge in [0.2, 0.25) is 0 Å². The van der Waals surface area contributed by atoms with E-state index in [9.17, 15) is 5.11 Å². The lowest BCUT2D eigenvalue weighted by Crippen LogP contribution is -2.34. The van der Waals surface area contributed by atoms with Crippen LogP contribution in [0, 0.1) is 0 Å². The van der Waals surface area contributed by atoms with Crippen molar-refractivity contribution >= 4 is 11.3 Å². The molecule has 1 rings (SSSR count). The molecular weight excluding hydrogens is 220 g/mol. The molecular formula is C12H22N2OS. The highest BCUT2D eigenvalue weighted by atomic mass is 32.1. The summed E-state index contributed by atoms with van der Waals surface area (Å²) in [5.41, 5.74) is 0. The van der Waals surface area contributed by atoms with Gasteiger partial charge in [0.15, 0.2) is 0 Å². The second-order valence-electron chi connectivity index (χ2n) is 3.73. The third kappa shape index (κ3) is 4.22. The second kappa shape index (κ2) is 7.79. The summed E-state index contributed by atoms with van der Waals surface area (Å²) in [6, 6.07) is 4.18. The fourth-order valence-corrected chi connectivity index (χ4v) is 2.47. The minimum Gasteiger partial charge on any atom is -0.394 e. The maximum Gasteiger partial charge on any atom is 0.0650 e. The first-order valence-corrected chi connectivity index (χ1v) is 6.79. The molecule has 1 aromatic heterocycles. The molecule has 3 nitrogen and oxygen atoms in total. The molecule has 2 N–H and O–H groups in total. The van der Waals surface area contributed by atoms with E-state index in [4.69, 9.17) is 0 Å². The highest BCUT2D eigenvalue weighted by Gasteiger charge is 2.10. The minimum absolute atomic E-state index is 0.0931. The average Bonchev–Trinajstić information content (AvgIpc) is 2.83. The van der Waals surface area contributed by atoms with Gasteiger partial charge in [0, 0.05) is 18.0 Å². The summed E-state index contributed by atoms with van der Waals surface area (Å²) in [5, 5.41) is 14.7. The lowest BCUT2D eigenvalue weighted by Gasteiger charge is -2.20. The van der Waals surface area contributed by atoms with Crippen LogP contribution in [0.5, 0.6) is 0 Å². The monoisotopic (exact) mass is 242 g/mol. The van der Waals surface area contributed by atoms with Crippen molar-refractivity contribution in [3.05, 3.63) is 22.4 Å². The predicted molar refractivity (Wildman–Crippen MR) is 69.9 cm³/mol. The summed E-state index contributed by atoms with van der Waals surface area (Å²) in [7, 11) is 0. The zero-order valence-electron chi connectivity index (χ0n) is 10.1. The van der Waals surface area contributed by atoms with E-state index in [1.165, 1.54) is 4.88 Å². The summed E-state index contributed by atoms with van der Waals surface area (Å²) >= 11 is 1.69. The Balaban J connectivity index is 2.30. The van der Waals surface area contributed by atoms with Crippen LogP contribution in [0.3, 0.4) is 0 Å². The van der Waals surface area contributed by atoms with Crippen LogP contribution in [0.4, 0.5) is 0 Å². The molecule has 0 radical (unpaired) electrons. The van der Waals surface area contributed by atoms with Gasteiger partial charge in [-0.05, 0) is 24.5 Å². The van der Waals surface area contributed by atoms with Gasteiger partial charge >= 0.3 is 0 Å². The van der Waals surface area contributed by atoms with Gasteiger partial charge in [-0.25, -0.2) is 0 Å². The van der Waals surface area contributed by atoms with Crippen LogP contribution in [0.2, 0.25) is 0 Å². The number of aliphatic hydroxyl groups is 1. The molecule has 0 aromatic carbocycles. The van der Waals surface area contributed by atoms with Gasteiger partial charge < -0.3 is 15.3 Å². The molecule has 0 aliphatic carbocycles. The van der Waals surface area contributed by atoms with Crippen molar-refractivity contribution in [1.82, 2.24) is 10.2 Å². The number of thiophene rings is 1. The van der Waals surface area contributed by atoms with Gasteiger partial charge in [0.05, 0.1) is 12.6 Å². The molecule has 1 aromatic rings. The fourth-order valence-electron chi connectivity index (χ4n) is 1.68. The normalized spacial score (nSPS) is 13.2. The van der Waals surface area contributed by atoms with E-state index in [-0.39, 0.29) is 12.6 Å². The van der Waals surface area contributed by atoms with Crippen molar-refractivity contribution in [2.75, 3.05) is 32.8 Å². The first kappa shape index (κ1) is 13.6. The molecule has 1 heterocycles. The fraction of sp³-hybridized carbons (Fsp3) is 0.667. The van der Waals surface area contributed by atoms with Gasteiger partial charge in [-0.2, -0.15) is 0 Å². The van der Waals surface area contributed by atoms with Gasteiger partial charge in [-0.3, -0.25) is 0 Å². The van der Waals surface area contributed by atoms with Crippen LogP contribution < -0.4 is 5.32 Å². The van der Waals surface area contributed by atoms with E-state index in [1.54, 1.807) is 11.3 Å². The van der Waals surface area contributed by atoms with E-state index in [1.807, 2.05) is 11.4 Å². The van der Waals surface area contributed by atoms with E-state index in [0.29, 0.717) is 0 Å². The Morgan fingerprint density at radius 1 is 1.44 bits per heavy atom. The van der Waals surface area contributed by atoms with Crippen LogP contribution in [0.15, 0.2) is 17.5 Å². The molecule has 0 fully saturated rings. The highest BCUT2D eigenvalue weighted by Crippen LogP contribution is 2.17. The van der Waals surface area contributed by atoms with Crippen molar-refractivity contribution in [2.24, 2.45) is 0 Å². The molecule has 0 saturated heterocycles. The molecule has 0 aliphatic heterocycles. The Kier molecular flexibility index (Phi) is 6.64. The van der Waals surface area contributed by atoms with E-state index in [0.717, 1.165) is 26.2 Å². The Morgan fingerprint density at radius 3 is 2.69 bits per heavy atom. The van der Waals surface area contributed by atoms with Crippen LogP contribution in [0.25, 0.3) is 0 Å². The second-order valence-corrected chi connectivity index (χ2v) is 4.71. The lowest BCUT2D eigenvalue weighted by molar-refractivity contribution is 0.235. The van der Waals surface area contributed by atoms with Crippen molar-refractivity contribution in [3.8, 4) is 0 Å². The molecule has 0 spiro atoms. The molecule has 0 amide bonds. The smallest absolute Gasteiger partial charge is 0.0650 e. The first-order chi connectivity index (χ1) is 7.81. The Hall–Kier alpha value is -0.420. The summed E-state index contributed by atoms with van der Waals surface area (Å²) in [6.45, 7) is 8.64. The molecule has 16 heavy (non-hydrogen) atoms. The largest absolute Gasteiger partial charge is 0.394 e. The van der Waals surface area contributed by atoms with Crippen molar-refractivity contribution in [3.63, 3.8) is 0 Å². The summed E-state index contributed by atoms with van der Waals surface area (Å²) in [4.78, 5) is 3.58. The molecule has 1 atom stereocenters. The summed E-state index contributed by atoms with van der Waals surface area (Å²) in [5.74, 6) is 0. The van der Waals surface area contributed by atoms with Crippen LogP contribution >= 0.6 is 11.3 Å². The Labute approximate surface area is 102 Å². The van der Waals surface area contributed by atoms with Gasteiger partial charge in [-0.1, -0.05) is 19.9 Å². The van der Waals surface area contributed by atoms with Gasteiger partial charge in [0.25, 0.3) is 0 Å². The van der Waals surface area contributed by atoms with Gasteiger partial charge in [0.1, 0.15) is 0 Å². The van der Waals surface area contributed by atoms with Crippen LogP contribution in [-0.4, -0.2) is 42.8 Å². The Bertz CT molecular complexity index is 260. The molecule has 0 saturated carbocycles. The number of nitrogens with zero attached hydrogens (tertiary/aromatic N) is 1. The predicted octanol–water partition coefficient (Wildman–Crippen LogP) is 1.71. The van der Waals surface area contributed by atoms with E-state index < -0.39 is 0 Å². The molecule has 0 bridgehead atoms. The SMILES string of the molecule is CCN(CC)CCNC(CO)c1cccs1. The topological polar surface area (TPSA) is 35.5 Å². The standard InChI is InChI=1S/C12H22N2OS/c1-3-14(4-2)8-7-13-11(10-15)12-6-5-9-16-12/h5-6,9,11,13,15H,3-4,7-8,10H2,1-2H3. The molecule has 4 heteroatoms. The van der Waals surface area contributed by atoms with E-state index in [2.05, 4.69) is 30.1 Å². The minimum atomic E-state index is 0.0931. The number of nitrogens with one attached hydrogen (secondary N) is 1. The number of aliphatic hydroxyl groups excluding tert-OH is 1. The number of hydrogen-bond acceptors (Lipinski definition) is 4. The number of likely N-dealkylation sites (N-methyl/N-ethyl adjacent to an activating group) is 1. The quantitative estimate of drug-likeness (QED) is 0.728. The first-order valence-electron chi connectivity index (χ1n) is 5.91. The van der Waals surface area contributed by atoms with Crippen LogP contribution in [-0.2, 0) is 0 Å². The van der Waals surface area contributed by atoms with Crippen molar-refractivity contribution in [1.29, 1.82) is 0 Å². The maximum atomic E-state index is 9.31. The lowest BCUT2D eigenvalue weighted by atomic mass is 10.2.